The van der Waals surface area contributed by atoms with Gasteiger partial charge >= 0.3 is 0 Å². The highest BCUT2D eigenvalue weighted by Crippen LogP contribution is 2.24. The summed E-state index contributed by atoms with van der Waals surface area (Å²) in [6, 6.07) is 15.2. The van der Waals surface area contributed by atoms with E-state index < -0.39 is 6.04 Å². The molecule has 180 valence electrons. The molecule has 2 heterocycles. The molecule has 2 aromatic carbocycles. The van der Waals surface area contributed by atoms with Crippen molar-refractivity contribution in [3.05, 3.63) is 54.4 Å². The number of nitrogens with zero attached hydrogens (tertiary/aromatic N) is 3. The third kappa shape index (κ3) is 5.73. The van der Waals surface area contributed by atoms with E-state index in [-0.39, 0.29) is 18.4 Å². The molecule has 1 aliphatic rings. The van der Waals surface area contributed by atoms with Gasteiger partial charge in [0.2, 0.25) is 11.8 Å². The summed E-state index contributed by atoms with van der Waals surface area (Å²) < 4.78 is 1.95. The molecule has 0 spiro atoms. The second-order valence-corrected chi connectivity index (χ2v) is 9.54. The number of fused-ring (bicyclic) bond motifs is 1. The van der Waals surface area contributed by atoms with Crippen LogP contribution in [-0.4, -0.2) is 46.8 Å². The number of thioether (sulfide) groups is 1. The van der Waals surface area contributed by atoms with Gasteiger partial charge in [0.1, 0.15) is 18.4 Å². The van der Waals surface area contributed by atoms with Crippen molar-refractivity contribution in [1.82, 2.24) is 14.9 Å². The summed E-state index contributed by atoms with van der Waals surface area (Å²) in [5.74, 6) is 1.20. The first kappa shape index (κ1) is 24.1. The summed E-state index contributed by atoms with van der Waals surface area (Å²) >= 11 is 1.67. The van der Waals surface area contributed by atoms with E-state index in [0.29, 0.717) is 12.2 Å². The van der Waals surface area contributed by atoms with E-state index in [1.807, 2.05) is 60.2 Å². The summed E-state index contributed by atoms with van der Waals surface area (Å²) in [6.07, 6.45) is 5.78. The lowest BCUT2D eigenvalue weighted by Gasteiger charge is -2.21. The summed E-state index contributed by atoms with van der Waals surface area (Å²) in [7, 11) is 0. The molecule has 0 radical (unpaired) electrons. The van der Waals surface area contributed by atoms with Crippen molar-refractivity contribution in [2.75, 3.05) is 29.6 Å². The minimum Gasteiger partial charge on any atom is -0.371 e. The fourth-order valence-electron chi connectivity index (χ4n) is 4.47. The van der Waals surface area contributed by atoms with Crippen LogP contribution in [0.25, 0.3) is 11.0 Å². The van der Waals surface area contributed by atoms with Crippen LogP contribution in [0, 0.1) is 0 Å². The number of nitrogens with one attached hydrogen (secondary N) is 2. The van der Waals surface area contributed by atoms with Crippen molar-refractivity contribution in [3.63, 3.8) is 0 Å². The third-order valence-corrected chi connectivity index (χ3v) is 6.67. The number of hydrogen-bond acceptors (Lipinski definition) is 5. The smallest absolute Gasteiger partial charge is 0.246 e. The zero-order valence-corrected chi connectivity index (χ0v) is 20.7. The molecule has 4 rings (SSSR count). The van der Waals surface area contributed by atoms with Gasteiger partial charge in [0.25, 0.3) is 0 Å². The standard InChI is InChI=1S/C26H33N5O2S/c1-3-9-22(26(33)27-19-10-8-11-20(16-19)30-14-6-7-15-30)29-25(32)17-31-23-13-5-4-12-21(23)28-24(31)18-34-2/h4-5,8,10-13,16,22H,3,6-7,9,14-15,17-18H2,1-2H3,(H,27,33)(H,29,32). The second-order valence-electron chi connectivity index (χ2n) is 8.68. The molecule has 1 aromatic heterocycles. The average Bonchev–Trinajstić information content (AvgIpc) is 3.48. The van der Waals surface area contributed by atoms with E-state index in [9.17, 15) is 9.59 Å². The first-order chi connectivity index (χ1) is 16.6. The van der Waals surface area contributed by atoms with Gasteiger partial charge in [-0.1, -0.05) is 31.5 Å². The highest BCUT2D eigenvalue weighted by atomic mass is 32.2. The molecule has 1 aliphatic heterocycles. The monoisotopic (exact) mass is 479 g/mol. The lowest BCUT2D eigenvalue weighted by Crippen LogP contribution is -2.45. The molecule has 34 heavy (non-hydrogen) atoms. The third-order valence-electron chi connectivity index (χ3n) is 6.12. The van der Waals surface area contributed by atoms with Crippen LogP contribution in [0.4, 0.5) is 11.4 Å². The summed E-state index contributed by atoms with van der Waals surface area (Å²) in [5, 5.41) is 5.98. The average molecular weight is 480 g/mol. The maximum atomic E-state index is 13.1. The van der Waals surface area contributed by atoms with Crippen molar-refractivity contribution in [2.24, 2.45) is 0 Å². The summed E-state index contributed by atoms with van der Waals surface area (Å²) in [4.78, 5) is 33.1. The molecule has 1 saturated heterocycles. The zero-order valence-electron chi connectivity index (χ0n) is 19.9. The number of amides is 2. The van der Waals surface area contributed by atoms with Gasteiger partial charge in [0.15, 0.2) is 0 Å². The number of imidazole rings is 1. The van der Waals surface area contributed by atoms with Gasteiger partial charge in [0.05, 0.1) is 16.8 Å². The Kier molecular flexibility index (Phi) is 8.11. The molecule has 3 aromatic rings. The Morgan fingerprint density at radius 2 is 1.91 bits per heavy atom. The Morgan fingerprint density at radius 3 is 2.68 bits per heavy atom. The Balaban J connectivity index is 1.44. The van der Waals surface area contributed by atoms with Crippen LogP contribution >= 0.6 is 11.8 Å². The molecule has 2 N–H and O–H groups in total. The Labute approximate surface area is 205 Å². The Bertz CT molecular complexity index is 1140. The van der Waals surface area contributed by atoms with Gasteiger partial charge in [-0.25, -0.2) is 4.98 Å². The number of carbonyl (C=O) groups is 2. The quantitative estimate of drug-likeness (QED) is 0.450. The lowest BCUT2D eigenvalue weighted by atomic mass is 10.1. The largest absolute Gasteiger partial charge is 0.371 e. The van der Waals surface area contributed by atoms with Crippen molar-refractivity contribution in [3.8, 4) is 0 Å². The van der Waals surface area contributed by atoms with Crippen LogP contribution in [0.1, 0.15) is 38.4 Å². The van der Waals surface area contributed by atoms with Crippen LogP contribution in [0.15, 0.2) is 48.5 Å². The van der Waals surface area contributed by atoms with E-state index in [4.69, 9.17) is 0 Å². The van der Waals surface area contributed by atoms with Gasteiger partial charge in [-0.2, -0.15) is 11.8 Å². The zero-order chi connectivity index (χ0) is 23.9. The number of carbonyl (C=O) groups excluding carboxylic acids is 2. The normalized spacial score (nSPS) is 14.4. The van der Waals surface area contributed by atoms with Crippen LogP contribution in [-0.2, 0) is 21.9 Å². The minimum absolute atomic E-state index is 0.133. The van der Waals surface area contributed by atoms with E-state index in [1.165, 1.54) is 12.8 Å². The molecule has 1 fully saturated rings. The van der Waals surface area contributed by atoms with E-state index in [1.54, 1.807) is 11.8 Å². The van der Waals surface area contributed by atoms with Gasteiger partial charge in [0, 0.05) is 24.5 Å². The van der Waals surface area contributed by atoms with E-state index >= 15 is 0 Å². The minimum atomic E-state index is -0.591. The van der Waals surface area contributed by atoms with Crippen molar-refractivity contribution in [2.45, 2.75) is 50.9 Å². The second kappa shape index (κ2) is 11.4. The van der Waals surface area contributed by atoms with E-state index in [0.717, 1.165) is 47.7 Å². The van der Waals surface area contributed by atoms with Crippen LogP contribution in [0.3, 0.4) is 0 Å². The molecule has 2 amide bonds. The molecule has 0 bridgehead atoms. The Hall–Kier alpha value is -3.00. The number of benzene rings is 2. The first-order valence-corrected chi connectivity index (χ1v) is 13.4. The summed E-state index contributed by atoms with van der Waals surface area (Å²) in [6.45, 7) is 4.25. The highest BCUT2D eigenvalue weighted by Gasteiger charge is 2.22. The van der Waals surface area contributed by atoms with Gasteiger partial charge in [-0.3, -0.25) is 9.59 Å². The fraction of sp³-hybridized carbons (Fsp3) is 0.423. The molecule has 1 unspecified atom stereocenters. The number of rotatable bonds is 10. The van der Waals surface area contributed by atoms with Gasteiger partial charge < -0.3 is 20.1 Å². The first-order valence-electron chi connectivity index (χ1n) is 12.0. The SMILES string of the molecule is CCCC(NC(=O)Cn1c(CSC)nc2ccccc21)C(=O)Nc1cccc(N2CCCC2)c1. The maximum Gasteiger partial charge on any atom is 0.246 e. The van der Waals surface area contributed by atoms with E-state index in [2.05, 4.69) is 26.6 Å². The number of para-hydroxylation sites is 2. The van der Waals surface area contributed by atoms with Crippen LogP contribution in [0.2, 0.25) is 0 Å². The molecule has 0 saturated carbocycles. The molecular weight excluding hydrogens is 446 g/mol. The number of hydrogen-bond donors (Lipinski definition) is 2. The van der Waals surface area contributed by atoms with Crippen molar-refractivity contribution >= 4 is 46.0 Å². The maximum absolute atomic E-state index is 13.1. The predicted octanol–water partition coefficient (Wildman–Crippen LogP) is 4.42. The molecule has 7 nitrogen and oxygen atoms in total. The van der Waals surface area contributed by atoms with Gasteiger partial charge in [-0.15, -0.1) is 0 Å². The van der Waals surface area contributed by atoms with Crippen LogP contribution < -0.4 is 15.5 Å². The molecule has 1 atom stereocenters. The topological polar surface area (TPSA) is 79.3 Å². The molecule has 8 heteroatoms. The highest BCUT2D eigenvalue weighted by molar-refractivity contribution is 7.97. The number of anilines is 2. The van der Waals surface area contributed by atoms with Crippen molar-refractivity contribution < 1.29 is 9.59 Å². The van der Waals surface area contributed by atoms with Gasteiger partial charge in [-0.05, 0) is 55.9 Å². The fourth-order valence-corrected chi connectivity index (χ4v) is 4.95. The predicted molar refractivity (Wildman–Crippen MR) is 140 cm³/mol. The van der Waals surface area contributed by atoms with Crippen LogP contribution in [0.5, 0.6) is 0 Å². The van der Waals surface area contributed by atoms with Crippen molar-refractivity contribution in [1.29, 1.82) is 0 Å². The summed E-state index contributed by atoms with van der Waals surface area (Å²) in [5.41, 5.74) is 3.68. The Morgan fingerprint density at radius 1 is 1.12 bits per heavy atom. The lowest BCUT2D eigenvalue weighted by molar-refractivity contribution is -0.127. The number of aromatic nitrogens is 2. The molecule has 0 aliphatic carbocycles. The molecular formula is C26H33N5O2S.